The van der Waals surface area contributed by atoms with Crippen molar-refractivity contribution in [3.63, 3.8) is 0 Å². The maximum absolute atomic E-state index is 11.6. The fourth-order valence-corrected chi connectivity index (χ4v) is 3.83. The van der Waals surface area contributed by atoms with E-state index < -0.39 is 10.2 Å². The molecule has 0 amide bonds. The number of nitrogens with zero attached hydrogens (tertiary/aromatic N) is 1. The van der Waals surface area contributed by atoms with E-state index in [4.69, 9.17) is 0 Å². The van der Waals surface area contributed by atoms with Crippen molar-refractivity contribution in [1.29, 1.82) is 0 Å². The van der Waals surface area contributed by atoms with Crippen molar-refractivity contribution < 1.29 is 8.42 Å². The smallest absolute Gasteiger partial charge is 0.194 e. The maximum atomic E-state index is 11.6. The van der Waals surface area contributed by atoms with Crippen LogP contribution in [0.25, 0.3) is 0 Å². The van der Waals surface area contributed by atoms with E-state index in [1.54, 1.807) is 22.9 Å². The molecular formula is C11H15IN2O2S. The van der Waals surface area contributed by atoms with Crippen LogP contribution in [-0.2, 0) is 10.2 Å². The van der Waals surface area contributed by atoms with Crippen molar-refractivity contribution in [2.75, 3.05) is 13.1 Å². The van der Waals surface area contributed by atoms with Gasteiger partial charge in [-0.25, -0.2) is 0 Å². The predicted octanol–water partition coefficient (Wildman–Crippen LogP) is 2.05. The van der Waals surface area contributed by atoms with Crippen molar-refractivity contribution in [2.24, 2.45) is 0 Å². The third-order valence-electron chi connectivity index (χ3n) is 3.16. The normalized spacial score (nSPS) is 19.4. The molecule has 0 aliphatic carbocycles. The molecule has 2 rings (SSSR count). The standard InChI is InChI=1S/C11H15IN2O2S/c12-13-17(15,16)14-8-6-11(7-9-14)10-4-2-1-3-5-10/h1-5,11,13H,6-9H2. The van der Waals surface area contributed by atoms with Gasteiger partial charge in [-0.3, -0.25) is 0 Å². The first-order valence-corrected chi connectivity index (χ1v) is 8.08. The predicted molar refractivity (Wildman–Crippen MR) is 76.1 cm³/mol. The summed E-state index contributed by atoms with van der Waals surface area (Å²) in [6, 6.07) is 10.3. The summed E-state index contributed by atoms with van der Waals surface area (Å²) in [5, 5.41) is 0. The van der Waals surface area contributed by atoms with Crippen LogP contribution in [0.2, 0.25) is 0 Å². The summed E-state index contributed by atoms with van der Waals surface area (Å²) in [5.41, 5.74) is 1.31. The van der Waals surface area contributed by atoms with Crippen LogP contribution >= 0.6 is 22.9 Å². The Morgan fingerprint density at radius 1 is 1.18 bits per heavy atom. The molecule has 0 unspecified atom stereocenters. The van der Waals surface area contributed by atoms with E-state index in [2.05, 4.69) is 15.1 Å². The van der Waals surface area contributed by atoms with Crippen LogP contribution in [0.5, 0.6) is 0 Å². The van der Waals surface area contributed by atoms with Gasteiger partial charge in [-0.05, 0) is 24.3 Å². The van der Waals surface area contributed by atoms with Crippen LogP contribution in [-0.4, -0.2) is 25.8 Å². The maximum Gasteiger partial charge on any atom is 0.288 e. The molecule has 1 heterocycles. The van der Waals surface area contributed by atoms with Crippen LogP contribution in [0.1, 0.15) is 24.3 Å². The summed E-state index contributed by atoms with van der Waals surface area (Å²) in [5.74, 6) is 0.483. The van der Waals surface area contributed by atoms with Gasteiger partial charge in [0.15, 0.2) is 0 Å². The van der Waals surface area contributed by atoms with E-state index >= 15 is 0 Å². The third kappa shape index (κ3) is 3.18. The van der Waals surface area contributed by atoms with Crippen molar-refractivity contribution in [2.45, 2.75) is 18.8 Å². The zero-order valence-corrected chi connectivity index (χ0v) is 12.3. The summed E-state index contributed by atoms with van der Waals surface area (Å²) in [4.78, 5) is 0. The van der Waals surface area contributed by atoms with Gasteiger partial charge in [0.2, 0.25) is 0 Å². The summed E-state index contributed by atoms with van der Waals surface area (Å²) in [6.45, 7) is 1.19. The Labute approximate surface area is 116 Å². The highest BCUT2D eigenvalue weighted by atomic mass is 127. The molecule has 0 aromatic heterocycles. The summed E-state index contributed by atoms with van der Waals surface area (Å²) in [7, 11) is -3.26. The van der Waals surface area contributed by atoms with Crippen LogP contribution in [0.4, 0.5) is 0 Å². The number of hydrogen-bond donors (Lipinski definition) is 1. The van der Waals surface area contributed by atoms with Crippen molar-refractivity contribution in [1.82, 2.24) is 7.24 Å². The van der Waals surface area contributed by atoms with Gasteiger partial charge >= 0.3 is 0 Å². The molecule has 1 aromatic rings. The highest BCUT2D eigenvalue weighted by molar-refractivity contribution is 14.1. The molecule has 1 fully saturated rings. The minimum atomic E-state index is -3.26. The molecule has 94 valence electrons. The molecule has 1 saturated heterocycles. The minimum absolute atomic E-state index is 0.483. The van der Waals surface area contributed by atoms with Gasteiger partial charge in [0.25, 0.3) is 10.2 Å². The zero-order chi connectivity index (χ0) is 12.3. The number of rotatable bonds is 3. The first-order valence-electron chi connectivity index (χ1n) is 5.56. The second-order valence-corrected chi connectivity index (χ2v) is 7.11. The average molecular weight is 366 g/mol. The van der Waals surface area contributed by atoms with E-state index in [0.717, 1.165) is 12.8 Å². The van der Waals surface area contributed by atoms with Gasteiger partial charge in [0, 0.05) is 36.0 Å². The lowest BCUT2D eigenvalue weighted by Gasteiger charge is -2.30. The first kappa shape index (κ1) is 13.3. The van der Waals surface area contributed by atoms with Crippen molar-refractivity contribution >= 4 is 33.1 Å². The number of halogens is 1. The zero-order valence-electron chi connectivity index (χ0n) is 9.34. The number of hydrogen-bond acceptors (Lipinski definition) is 2. The monoisotopic (exact) mass is 366 g/mol. The lowest BCUT2D eigenvalue weighted by atomic mass is 9.90. The molecule has 0 bridgehead atoms. The van der Waals surface area contributed by atoms with Crippen molar-refractivity contribution in [3.8, 4) is 0 Å². The summed E-state index contributed by atoms with van der Waals surface area (Å²) >= 11 is 1.67. The highest BCUT2D eigenvalue weighted by Gasteiger charge is 2.27. The molecule has 0 radical (unpaired) electrons. The minimum Gasteiger partial charge on any atom is -0.194 e. The van der Waals surface area contributed by atoms with Gasteiger partial charge in [-0.1, -0.05) is 30.3 Å². The largest absolute Gasteiger partial charge is 0.288 e. The van der Waals surface area contributed by atoms with Crippen molar-refractivity contribution in [3.05, 3.63) is 35.9 Å². The molecule has 0 spiro atoms. The molecule has 1 N–H and O–H groups in total. The lowest BCUT2D eigenvalue weighted by Crippen LogP contribution is -2.41. The Balaban J connectivity index is 2.00. The van der Waals surface area contributed by atoms with Crippen LogP contribution in [0.15, 0.2) is 30.3 Å². The quantitative estimate of drug-likeness (QED) is 0.658. The van der Waals surface area contributed by atoms with Gasteiger partial charge in [-0.2, -0.15) is 12.7 Å². The fourth-order valence-electron chi connectivity index (χ4n) is 2.20. The number of piperidine rings is 1. The van der Waals surface area contributed by atoms with E-state index in [0.29, 0.717) is 19.0 Å². The molecule has 0 saturated carbocycles. The van der Waals surface area contributed by atoms with Crippen LogP contribution in [0, 0.1) is 0 Å². The Morgan fingerprint density at radius 2 is 1.76 bits per heavy atom. The van der Waals surface area contributed by atoms with Gasteiger partial charge in [-0.15, -0.1) is 2.94 Å². The highest BCUT2D eigenvalue weighted by Crippen LogP contribution is 2.28. The second-order valence-electron chi connectivity index (χ2n) is 4.17. The Hall–Kier alpha value is -0.180. The number of benzene rings is 1. The molecule has 1 aliphatic heterocycles. The van der Waals surface area contributed by atoms with E-state index in [1.165, 1.54) is 9.87 Å². The van der Waals surface area contributed by atoms with Crippen LogP contribution in [0.3, 0.4) is 0 Å². The summed E-state index contributed by atoms with van der Waals surface area (Å²) < 4.78 is 27.1. The lowest BCUT2D eigenvalue weighted by molar-refractivity contribution is 0.319. The van der Waals surface area contributed by atoms with Gasteiger partial charge < -0.3 is 0 Å². The Bertz CT molecular complexity index is 456. The second kappa shape index (κ2) is 5.64. The van der Waals surface area contributed by atoms with E-state index in [-0.39, 0.29) is 0 Å². The topological polar surface area (TPSA) is 49.4 Å². The molecule has 1 aliphatic rings. The molecular weight excluding hydrogens is 351 g/mol. The van der Waals surface area contributed by atoms with Gasteiger partial charge in [0.1, 0.15) is 0 Å². The number of nitrogens with one attached hydrogen (secondary N) is 1. The average Bonchev–Trinajstić information content (AvgIpc) is 2.40. The van der Waals surface area contributed by atoms with Crippen LogP contribution < -0.4 is 2.94 Å². The fraction of sp³-hybridized carbons (Fsp3) is 0.455. The molecule has 6 heteroatoms. The van der Waals surface area contributed by atoms with E-state index in [1.807, 2.05) is 18.2 Å². The Morgan fingerprint density at radius 3 is 2.29 bits per heavy atom. The SMILES string of the molecule is O=S(=O)(NI)N1CCC(c2ccccc2)CC1. The van der Waals surface area contributed by atoms with E-state index in [9.17, 15) is 8.42 Å². The summed E-state index contributed by atoms with van der Waals surface area (Å²) in [6.07, 6.45) is 1.78. The molecule has 4 nitrogen and oxygen atoms in total. The molecule has 1 aromatic carbocycles. The third-order valence-corrected chi connectivity index (χ3v) is 6.07. The Kier molecular flexibility index (Phi) is 4.40. The molecule has 0 atom stereocenters. The van der Waals surface area contributed by atoms with Gasteiger partial charge in [0.05, 0.1) is 0 Å². The molecule has 17 heavy (non-hydrogen) atoms. The first-order chi connectivity index (χ1) is 8.13.